The number of hydrogen-bond acceptors (Lipinski definition) is 5. The summed E-state index contributed by atoms with van der Waals surface area (Å²) in [6.45, 7) is 0. The number of hydrogen-bond donors (Lipinski definition) is 2. The number of aromatic nitrogens is 2. The molecule has 0 radical (unpaired) electrons. The first-order chi connectivity index (χ1) is 16.7. The molecule has 0 bridgehead atoms. The number of carbonyl (C=O) groups excluding carboxylic acids is 1. The Morgan fingerprint density at radius 2 is 1.79 bits per heavy atom. The molecule has 0 aliphatic rings. The summed E-state index contributed by atoms with van der Waals surface area (Å²) in [5, 5.41) is 4.41. The topological polar surface area (TPSA) is 76.2 Å². The molecule has 6 nitrogen and oxygen atoms in total. The van der Waals surface area contributed by atoms with Crippen molar-refractivity contribution in [2.24, 2.45) is 0 Å². The minimum absolute atomic E-state index is 0.203. The van der Waals surface area contributed by atoms with Gasteiger partial charge in [0, 0.05) is 40.0 Å². The number of H-pyrrole nitrogens is 1. The highest BCUT2D eigenvalue weighted by Gasteiger charge is 2.20. The molecule has 0 fully saturated rings. The van der Waals surface area contributed by atoms with Crippen LogP contribution < -0.4 is 14.8 Å². The van der Waals surface area contributed by atoms with Gasteiger partial charge < -0.3 is 14.5 Å². The quantitative estimate of drug-likeness (QED) is 0.300. The zero-order valence-electron chi connectivity index (χ0n) is 18.8. The van der Waals surface area contributed by atoms with Crippen LogP contribution in [0.15, 0.2) is 79.0 Å². The first kappa shape index (κ1) is 21.7. The van der Waals surface area contributed by atoms with E-state index in [0.717, 1.165) is 32.6 Å². The summed E-state index contributed by atoms with van der Waals surface area (Å²) >= 11 is 1.47. The van der Waals surface area contributed by atoms with Crippen molar-refractivity contribution in [1.29, 1.82) is 0 Å². The Labute approximate surface area is 201 Å². The Hall–Kier alpha value is -4.10. The van der Waals surface area contributed by atoms with E-state index < -0.39 is 0 Å². The van der Waals surface area contributed by atoms with E-state index in [1.165, 1.54) is 11.3 Å². The predicted octanol–water partition coefficient (Wildman–Crippen LogP) is 6.15. The Morgan fingerprint density at radius 1 is 1.00 bits per heavy atom. The summed E-state index contributed by atoms with van der Waals surface area (Å²) in [6.07, 6.45) is 2.41. The molecule has 0 unspecified atom stereocenters. The van der Waals surface area contributed by atoms with Crippen molar-refractivity contribution in [3.05, 3.63) is 95.0 Å². The van der Waals surface area contributed by atoms with Crippen LogP contribution in [0.5, 0.6) is 11.5 Å². The van der Waals surface area contributed by atoms with Crippen LogP contribution in [-0.4, -0.2) is 30.1 Å². The number of fused-ring (bicyclic) bond motifs is 1. The van der Waals surface area contributed by atoms with Gasteiger partial charge in [0.1, 0.15) is 11.5 Å². The highest BCUT2D eigenvalue weighted by atomic mass is 32.1. The summed E-state index contributed by atoms with van der Waals surface area (Å²) < 4.78 is 11.0. The Kier molecular flexibility index (Phi) is 6.01. The minimum atomic E-state index is -0.203. The highest BCUT2D eigenvalue weighted by Crippen LogP contribution is 2.39. The number of thiazole rings is 1. The molecule has 0 saturated carbocycles. The van der Waals surface area contributed by atoms with Gasteiger partial charge in [0.05, 0.1) is 25.5 Å². The molecule has 5 rings (SSSR count). The lowest BCUT2D eigenvalue weighted by molar-refractivity contribution is 0.102. The van der Waals surface area contributed by atoms with E-state index in [-0.39, 0.29) is 5.91 Å². The van der Waals surface area contributed by atoms with Crippen LogP contribution in [0, 0.1) is 0 Å². The standard InChI is InChI=1S/C27H23N3O3S/c1-32-18-12-13-20(23(15-18)33-2)25-24(14-17-8-4-3-5-9-17)34-27(29-25)30-26(31)21-16-28-22-11-7-6-10-19(21)22/h3-13,15-16,28H,14H2,1-2H3,(H,29,30,31). The first-order valence-electron chi connectivity index (χ1n) is 10.8. The van der Waals surface area contributed by atoms with Gasteiger partial charge in [-0.15, -0.1) is 11.3 Å². The maximum absolute atomic E-state index is 13.1. The largest absolute Gasteiger partial charge is 0.497 e. The van der Waals surface area contributed by atoms with E-state index in [4.69, 9.17) is 14.5 Å². The average molecular weight is 470 g/mol. The van der Waals surface area contributed by atoms with Crippen LogP contribution in [0.3, 0.4) is 0 Å². The van der Waals surface area contributed by atoms with Gasteiger partial charge in [-0.05, 0) is 23.8 Å². The van der Waals surface area contributed by atoms with Crippen molar-refractivity contribution in [1.82, 2.24) is 9.97 Å². The van der Waals surface area contributed by atoms with E-state index in [2.05, 4.69) is 22.4 Å². The van der Waals surface area contributed by atoms with Gasteiger partial charge in [0.15, 0.2) is 5.13 Å². The zero-order valence-corrected chi connectivity index (χ0v) is 19.6. The Bertz CT molecular complexity index is 1460. The Balaban J connectivity index is 1.53. The number of ether oxygens (including phenoxy) is 2. The number of amides is 1. The van der Waals surface area contributed by atoms with E-state index >= 15 is 0 Å². The fourth-order valence-electron chi connectivity index (χ4n) is 3.93. The first-order valence-corrected chi connectivity index (χ1v) is 11.6. The number of anilines is 1. The molecule has 2 aromatic heterocycles. The average Bonchev–Trinajstić information content (AvgIpc) is 3.48. The van der Waals surface area contributed by atoms with Gasteiger partial charge in [0.2, 0.25) is 0 Å². The molecule has 34 heavy (non-hydrogen) atoms. The van der Waals surface area contributed by atoms with Crippen molar-refractivity contribution in [2.75, 3.05) is 19.5 Å². The van der Waals surface area contributed by atoms with Crippen LogP contribution in [0.4, 0.5) is 5.13 Å². The zero-order chi connectivity index (χ0) is 23.5. The number of nitrogens with zero attached hydrogens (tertiary/aromatic N) is 1. The second-order valence-corrected chi connectivity index (χ2v) is 8.81. The van der Waals surface area contributed by atoms with Crippen LogP contribution in [0.1, 0.15) is 20.8 Å². The molecule has 1 amide bonds. The molecule has 2 heterocycles. The molecule has 2 N–H and O–H groups in total. The molecule has 170 valence electrons. The summed E-state index contributed by atoms with van der Waals surface area (Å²) in [6, 6.07) is 23.6. The van der Waals surface area contributed by atoms with E-state index in [1.54, 1.807) is 20.4 Å². The van der Waals surface area contributed by atoms with Crippen molar-refractivity contribution in [2.45, 2.75) is 6.42 Å². The number of nitrogens with one attached hydrogen (secondary N) is 2. The molecule has 0 spiro atoms. The van der Waals surface area contributed by atoms with Crippen molar-refractivity contribution < 1.29 is 14.3 Å². The van der Waals surface area contributed by atoms with Gasteiger partial charge in [-0.1, -0.05) is 48.5 Å². The van der Waals surface area contributed by atoms with Crippen molar-refractivity contribution >= 4 is 33.3 Å². The lowest BCUT2D eigenvalue weighted by Gasteiger charge is -2.10. The molecule has 7 heteroatoms. The maximum atomic E-state index is 13.1. The number of para-hydroxylation sites is 1. The van der Waals surface area contributed by atoms with Crippen LogP contribution in [-0.2, 0) is 6.42 Å². The van der Waals surface area contributed by atoms with Crippen molar-refractivity contribution in [3.8, 4) is 22.8 Å². The molecule has 0 atom stereocenters. The number of carbonyl (C=O) groups is 1. The summed E-state index contributed by atoms with van der Waals surface area (Å²) in [7, 11) is 3.25. The second kappa shape index (κ2) is 9.41. The smallest absolute Gasteiger partial charge is 0.259 e. The Morgan fingerprint density at radius 3 is 2.59 bits per heavy atom. The summed E-state index contributed by atoms with van der Waals surface area (Å²) in [5.74, 6) is 1.16. The predicted molar refractivity (Wildman–Crippen MR) is 136 cm³/mol. The minimum Gasteiger partial charge on any atom is -0.497 e. The maximum Gasteiger partial charge on any atom is 0.259 e. The fraction of sp³-hybridized carbons (Fsp3) is 0.111. The van der Waals surface area contributed by atoms with Gasteiger partial charge in [-0.2, -0.15) is 0 Å². The van der Waals surface area contributed by atoms with Gasteiger partial charge >= 0.3 is 0 Å². The fourth-order valence-corrected chi connectivity index (χ4v) is 4.94. The van der Waals surface area contributed by atoms with Crippen molar-refractivity contribution in [3.63, 3.8) is 0 Å². The normalized spacial score (nSPS) is 10.9. The molecule has 0 aliphatic heterocycles. The monoisotopic (exact) mass is 469 g/mol. The molecular weight excluding hydrogens is 446 g/mol. The third-order valence-corrected chi connectivity index (χ3v) is 6.59. The summed E-state index contributed by atoms with van der Waals surface area (Å²) in [5.41, 5.74) is 4.29. The van der Waals surface area contributed by atoms with E-state index in [0.29, 0.717) is 28.6 Å². The second-order valence-electron chi connectivity index (χ2n) is 7.72. The highest BCUT2D eigenvalue weighted by molar-refractivity contribution is 7.16. The lowest BCUT2D eigenvalue weighted by atomic mass is 10.1. The molecule has 5 aromatic rings. The SMILES string of the molecule is COc1ccc(-c2nc(NC(=O)c3c[nH]c4ccccc34)sc2Cc2ccccc2)c(OC)c1. The van der Waals surface area contributed by atoms with Gasteiger partial charge in [-0.3, -0.25) is 10.1 Å². The third kappa shape index (κ3) is 4.25. The van der Waals surface area contributed by atoms with Gasteiger partial charge in [0.25, 0.3) is 5.91 Å². The number of methoxy groups -OCH3 is 2. The van der Waals surface area contributed by atoms with Gasteiger partial charge in [-0.25, -0.2) is 4.98 Å². The third-order valence-electron chi connectivity index (χ3n) is 5.62. The van der Waals surface area contributed by atoms with Crippen LogP contribution in [0.2, 0.25) is 0 Å². The molecule has 0 saturated heterocycles. The number of aromatic amines is 1. The van der Waals surface area contributed by atoms with Crippen LogP contribution >= 0.6 is 11.3 Å². The molecule has 3 aromatic carbocycles. The number of benzene rings is 3. The van der Waals surface area contributed by atoms with E-state index in [1.807, 2.05) is 60.7 Å². The lowest BCUT2D eigenvalue weighted by Crippen LogP contribution is -2.11. The van der Waals surface area contributed by atoms with Crippen LogP contribution in [0.25, 0.3) is 22.2 Å². The summed E-state index contributed by atoms with van der Waals surface area (Å²) in [4.78, 5) is 22.1. The molecular formula is C27H23N3O3S. The van der Waals surface area contributed by atoms with E-state index in [9.17, 15) is 4.79 Å². The molecule has 0 aliphatic carbocycles. The number of rotatable bonds is 7.